The number of allylic oxidation sites excluding steroid dienone is 2. The maximum atomic E-state index is 4.58. The van der Waals surface area contributed by atoms with Crippen molar-refractivity contribution in [3.63, 3.8) is 0 Å². The predicted molar refractivity (Wildman–Crippen MR) is 167 cm³/mol. The monoisotopic (exact) mass is 507 g/mol. The Morgan fingerprint density at radius 3 is 2.18 bits per heavy atom. The Bertz CT molecular complexity index is 1160. The minimum Gasteiger partial charge on any atom is -0.385 e. The second-order valence-electron chi connectivity index (χ2n) is 11.0. The second kappa shape index (κ2) is 14.8. The van der Waals surface area contributed by atoms with Crippen LogP contribution in [-0.2, 0) is 19.4 Å². The first kappa shape index (κ1) is 29.5. The molecule has 0 spiro atoms. The Morgan fingerprint density at radius 1 is 0.789 bits per heavy atom. The molecule has 0 amide bonds. The van der Waals surface area contributed by atoms with Gasteiger partial charge in [-0.1, -0.05) is 132 Å². The van der Waals surface area contributed by atoms with Crippen LogP contribution in [0, 0.1) is 12.3 Å². The normalized spacial score (nSPS) is 14.2. The molecule has 0 aliphatic heterocycles. The first-order chi connectivity index (χ1) is 18.5. The highest BCUT2D eigenvalue weighted by Gasteiger charge is 2.33. The zero-order valence-corrected chi connectivity index (χ0v) is 24.4. The van der Waals surface area contributed by atoms with Gasteiger partial charge in [0.1, 0.15) is 0 Å². The number of nitrogens with one attached hydrogen (secondary N) is 1. The third kappa shape index (κ3) is 8.48. The molecule has 1 saturated carbocycles. The molecule has 0 unspecified atom stereocenters. The lowest BCUT2D eigenvalue weighted by atomic mass is 9.67. The van der Waals surface area contributed by atoms with Crippen molar-refractivity contribution in [2.24, 2.45) is 5.41 Å². The zero-order valence-electron chi connectivity index (χ0n) is 24.4. The number of benzene rings is 3. The van der Waals surface area contributed by atoms with Crippen molar-refractivity contribution in [3.8, 4) is 11.1 Å². The average Bonchev–Trinajstić information content (AvgIpc) is 2.95. The molecule has 1 heteroatoms. The first-order valence-electron chi connectivity index (χ1n) is 14.8. The third-order valence-electron chi connectivity index (χ3n) is 7.96. The van der Waals surface area contributed by atoms with Crippen LogP contribution in [0.2, 0.25) is 0 Å². The van der Waals surface area contributed by atoms with Gasteiger partial charge in [-0.25, -0.2) is 0 Å². The summed E-state index contributed by atoms with van der Waals surface area (Å²) in [6.07, 6.45) is 10.8. The molecule has 1 aliphatic carbocycles. The molecular formula is C37H49N. The van der Waals surface area contributed by atoms with Crippen LogP contribution >= 0.6 is 0 Å². The summed E-state index contributed by atoms with van der Waals surface area (Å²) in [5.74, 6) is 0. The molecule has 0 atom stereocenters. The molecule has 0 aromatic heterocycles. The fourth-order valence-corrected chi connectivity index (χ4v) is 5.99. The fraction of sp³-hybridized carbons (Fsp3) is 0.405. The van der Waals surface area contributed by atoms with Crippen LogP contribution in [-0.4, -0.2) is 0 Å². The van der Waals surface area contributed by atoms with E-state index in [1.54, 1.807) is 0 Å². The molecule has 1 N–H and O–H groups in total. The summed E-state index contributed by atoms with van der Waals surface area (Å²) in [7, 11) is 0. The Morgan fingerprint density at radius 2 is 1.50 bits per heavy atom. The van der Waals surface area contributed by atoms with Crippen molar-refractivity contribution < 1.29 is 0 Å². The van der Waals surface area contributed by atoms with Gasteiger partial charge in [-0.3, -0.25) is 0 Å². The zero-order chi connectivity index (χ0) is 27.4. The van der Waals surface area contributed by atoms with Gasteiger partial charge in [-0.05, 0) is 84.2 Å². The molecule has 0 heterocycles. The van der Waals surface area contributed by atoms with E-state index in [1.165, 1.54) is 76.8 Å². The van der Waals surface area contributed by atoms with E-state index in [1.807, 2.05) is 13.8 Å². The summed E-state index contributed by atoms with van der Waals surface area (Å²) in [5.41, 5.74) is 10.9. The van der Waals surface area contributed by atoms with Crippen LogP contribution < -0.4 is 5.32 Å². The van der Waals surface area contributed by atoms with Crippen molar-refractivity contribution in [3.05, 3.63) is 119 Å². The van der Waals surface area contributed by atoms with Gasteiger partial charge in [0.05, 0.1) is 0 Å². The van der Waals surface area contributed by atoms with Crippen molar-refractivity contribution in [2.45, 2.75) is 92.0 Å². The number of rotatable bonds is 11. The SMILES string of the molecule is C=C(Cc1ccc(-c2ccccc2)cc1C)CC1(CC(=C)NCc2cccc(CC)c2)CCCCC1.CC. The number of hydrogen-bond donors (Lipinski definition) is 1. The highest BCUT2D eigenvalue weighted by molar-refractivity contribution is 5.64. The Kier molecular flexibility index (Phi) is 11.5. The molecule has 0 saturated heterocycles. The molecule has 1 nitrogen and oxygen atoms in total. The van der Waals surface area contributed by atoms with Crippen LogP contribution in [0.4, 0.5) is 0 Å². The van der Waals surface area contributed by atoms with Gasteiger partial charge < -0.3 is 5.32 Å². The molecule has 1 aliphatic rings. The molecule has 0 radical (unpaired) electrons. The van der Waals surface area contributed by atoms with E-state index >= 15 is 0 Å². The largest absolute Gasteiger partial charge is 0.385 e. The van der Waals surface area contributed by atoms with Gasteiger partial charge in [-0.15, -0.1) is 0 Å². The molecule has 3 aromatic rings. The summed E-state index contributed by atoms with van der Waals surface area (Å²) < 4.78 is 0. The van der Waals surface area contributed by atoms with Crippen molar-refractivity contribution in [1.82, 2.24) is 5.32 Å². The maximum Gasteiger partial charge on any atom is 0.0397 e. The van der Waals surface area contributed by atoms with E-state index in [2.05, 4.69) is 105 Å². The molecule has 202 valence electrons. The standard InChI is InChI=1S/C35H43N.C2H6/c1-5-30-13-12-14-31(23-30)26-36-29(4)25-35(19-10-7-11-20-35)24-27(2)21-33-17-18-34(22-28(33)3)32-15-8-6-9-16-32;1-2/h6,8-9,12-18,22-23,36H,2,4-5,7,10-11,19-21,24-26H2,1,3H3;1-2H3. The molecule has 3 aromatic carbocycles. The van der Waals surface area contributed by atoms with E-state index in [9.17, 15) is 0 Å². The molecule has 1 fully saturated rings. The van der Waals surface area contributed by atoms with Crippen LogP contribution in [0.1, 0.15) is 88.0 Å². The van der Waals surface area contributed by atoms with Gasteiger partial charge >= 0.3 is 0 Å². The van der Waals surface area contributed by atoms with Crippen LogP contribution in [0.3, 0.4) is 0 Å². The summed E-state index contributed by atoms with van der Waals surface area (Å²) in [5, 5.41) is 3.65. The fourth-order valence-electron chi connectivity index (χ4n) is 5.99. The van der Waals surface area contributed by atoms with Crippen molar-refractivity contribution in [1.29, 1.82) is 0 Å². The molecule has 38 heavy (non-hydrogen) atoms. The first-order valence-corrected chi connectivity index (χ1v) is 14.8. The van der Waals surface area contributed by atoms with E-state index < -0.39 is 0 Å². The van der Waals surface area contributed by atoms with E-state index in [4.69, 9.17) is 0 Å². The summed E-state index contributed by atoms with van der Waals surface area (Å²) in [6, 6.07) is 26.4. The molecular weight excluding hydrogens is 458 g/mol. The molecule has 0 bridgehead atoms. The topological polar surface area (TPSA) is 12.0 Å². The van der Waals surface area contributed by atoms with Gasteiger partial charge in [0.15, 0.2) is 0 Å². The highest BCUT2D eigenvalue weighted by Crippen LogP contribution is 2.45. The van der Waals surface area contributed by atoms with Crippen LogP contribution in [0.15, 0.2) is 97.2 Å². The smallest absolute Gasteiger partial charge is 0.0397 e. The number of aryl methyl sites for hydroxylation is 2. The van der Waals surface area contributed by atoms with Crippen LogP contribution in [0.25, 0.3) is 11.1 Å². The van der Waals surface area contributed by atoms with Gasteiger partial charge in [-0.2, -0.15) is 0 Å². The second-order valence-corrected chi connectivity index (χ2v) is 11.0. The van der Waals surface area contributed by atoms with Gasteiger partial charge in [0.2, 0.25) is 0 Å². The average molecular weight is 508 g/mol. The summed E-state index contributed by atoms with van der Waals surface area (Å²) in [6.45, 7) is 18.3. The number of hydrogen-bond acceptors (Lipinski definition) is 1. The lowest BCUT2D eigenvalue weighted by Gasteiger charge is -2.39. The predicted octanol–water partition coefficient (Wildman–Crippen LogP) is 10.4. The Balaban J connectivity index is 0.00000195. The minimum absolute atomic E-state index is 0.294. The van der Waals surface area contributed by atoms with Gasteiger partial charge in [0.25, 0.3) is 0 Å². The lowest BCUT2D eigenvalue weighted by Crippen LogP contribution is -2.28. The lowest BCUT2D eigenvalue weighted by molar-refractivity contribution is 0.181. The Labute approximate surface area is 233 Å². The Hall–Kier alpha value is -3.06. The third-order valence-corrected chi connectivity index (χ3v) is 7.96. The summed E-state index contributed by atoms with van der Waals surface area (Å²) in [4.78, 5) is 0. The van der Waals surface area contributed by atoms with Crippen molar-refractivity contribution >= 4 is 0 Å². The van der Waals surface area contributed by atoms with Gasteiger partial charge in [0, 0.05) is 12.2 Å². The maximum absolute atomic E-state index is 4.58. The minimum atomic E-state index is 0.294. The summed E-state index contributed by atoms with van der Waals surface area (Å²) >= 11 is 0. The van der Waals surface area contributed by atoms with Crippen LogP contribution in [0.5, 0.6) is 0 Å². The van der Waals surface area contributed by atoms with E-state index in [0.717, 1.165) is 32.2 Å². The van der Waals surface area contributed by atoms with E-state index in [-0.39, 0.29) is 0 Å². The van der Waals surface area contributed by atoms with Crippen molar-refractivity contribution in [2.75, 3.05) is 0 Å². The van der Waals surface area contributed by atoms with E-state index in [0.29, 0.717) is 5.41 Å². The molecule has 4 rings (SSSR count). The highest BCUT2D eigenvalue weighted by atomic mass is 14.9. The quantitative estimate of drug-likeness (QED) is 0.254.